The summed E-state index contributed by atoms with van der Waals surface area (Å²) in [5, 5.41) is 3.36. The van der Waals surface area contributed by atoms with Crippen LogP contribution < -0.4 is 10.1 Å². The van der Waals surface area contributed by atoms with Gasteiger partial charge in [-0.25, -0.2) is 4.39 Å². The van der Waals surface area contributed by atoms with Crippen LogP contribution in [0.1, 0.15) is 30.5 Å². The van der Waals surface area contributed by atoms with Crippen LogP contribution in [0.4, 0.5) is 4.39 Å². The van der Waals surface area contributed by atoms with Crippen molar-refractivity contribution in [1.29, 1.82) is 0 Å². The summed E-state index contributed by atoms with van der Waals surface area (Å²) >= 11 is 0. The van der Waals surface area contributed by atoms with Gasteiger partial charge in [-0.1, -0.05) is 38.1 Å². The Morgan fingerprint density at radius 2 is 1.81 bits per heavy atom. The van der Waals surface area contributed by atoms with Gasteiger partial charge in [-0.2, -0.15) is 0 Å². The van der Waals surface area contributed by atoms with Gasteiger partial charge in [-0.05, 0) is 42.7 Å². The maximum atomic E-state index is 14.0. The third-order valence-electron chi connectivity index (χ3n) is 3.34. The number of aryl methyl sites for hydroxylation is 2. The lowest BCUT2D eigenvalue weighted by atomic mass is 10.1. The van der Waals surface area contributed by atoms with E-state index < -0.39 is 0 Å². The molecule has 0 aliphatic carbocycles. The average molecular weight is 287 g/mol. The molecular formula is C18H22FNO. The lowest BCUT2D eigenvalue weighted by Crippen LogP contribution is -2.21. The van der Waals surface area contributed by atoms with E-state index in [1.807, 2.05) is 19.1 Å². The highest BCUT2D eigenvalue weighted by Crippen LogP contribution is 2.29. The zero-order chi connectivity index (χ0) is 15.4. The summed E-state index contributed by atoms with van der Waals surface area (Å²) in [6.07, 6.45) is 0. The highest BCUT2D eigenvalue weighted by atomic mass is 19.1. The fraction of sp³-hybridized carbons (Fsp3) is 0.333. The van der Waals surface area contributed by atoms with Gasteiger partial charge in [0.05, 0.1) is 0 Å². The Balaban J connectivity index is 2.22. The molecule has 112 valence electrons. The van der Waals surface area contributed by atoms with Gasteiger partial charge in [0, 0.05) is 12.6 Å². The third-order valence-corrected chi connectivity index (χ3v) is 3.34. The molecule has 1 N–H and O–H groups in total. The molecule has 0 radical (unpaired) electrons. The first-order valence-electron chi connectivity index (χ1n) is 7.23. The van der Waals surface area contributed by atoms with E-state index in [9.17, 15) is 4.39 Å². The van der Waals surface area contributed by atoms with Gasteiger partial charge < -0.3 is 10.1 Å². The highest BCUT2D eigenvalue weighted by Gasteiger charge is 2.09. The zero-order valence-electron chi connectivity index (χ0n) is 13.0. The molecular weight excluding hydrogens is 265 g/mol. The van der Waals surface area contributed by atoms with Gasteiger partial charge in [-0.3, -0.25) is 0 Å². The first kappa shape index (κ1) is 15.5. The van der Waals surface area contributed by atoms with Crippen LogP contribution in [0.3, 0.4) is 0 Å². The van der Waals surface area contributed by atoms with Crippen LogP contribution in [-0.4, -0.2) is 6.04 Å². The maximum Gasteiger partial charge on any atom is 0.168 e. The molecule has 0 aromatic heterocycles. The molecule has 0 atom stereocenters. The van der Waals surface area contributed by atoms with Crippen LogP contribution in [0, 0.1) is 19.7 Å². The minimum Gasteiger partial charge on any atom is -0.454 e. The van der Waals surface area contributed by atoms with E-state index in [2.05, 4.69) is 25.2 Å². The van der Waals surface area contributed by atoms with Crippen molar-refractivity contribution in [3.05, 3.63) is 58.9 Å². The van der Waals surface area contributed by atoms with Crippen LogP contribution >= 0.6 is 0 Å². The zero-order valence-corrected chi connectivity index (χ0v) is 13.0. The molecule has 2 rings (SSSR count). The summed E-state index contributed by atoms with van der Waals surface area (Å²) in [6.45, 7) is 8.67. The van der Waals surface area contributed by atoms with E-state index in [0.29, 0.717) is 17.4 Å². The number of nitrogens with one attached hydrogen (secondary N) is 1. The summed E-state index contributed by atoms with van der Waals surface area (Å²) in [4.78, 5) is 0. The molecule has 0 fully saturated rings. The van der Waals surface area contributed by atoms with Crippen LogP contribution in [0.15, 0.2) is 36.4 Å². The Morgan fingerprint density at radius 1 is 1.05 bits per heavy atom. The SMILES string of the molecule is Cc1ccc(CNC(C)C)cc1Oc1cccc(C)c1F. The quantitative estimate of drug-likeness (QED) is 0.858. The van der Waals surface area contributed by atoms with Crippen molar-refractivity contribution < 1.29 is 9.13 Å². The van der Waals surface area contributed by atoms with Crippen molar-refractivity contribution in [2.75, 3.05) is 0 Å². The monoisotopic (exact) mass is 287 g/mol. The second-order valence-corrected chi connectivity index (χ2v) is 5.62. The lowest BCUT2D eigenvalue weighted by molar-refractivity contribution is 0.436. The van der Waals surface area contributed by atoms with E-state index in [-0.39, 0.29) is 11.6 Å². The van der Waals surface area contributed by atoms with Gasteiger partial charge in [-0.15, -0.1) is 0 Å². The molecule has 0 aliphatic rings. The van der Waals surface area contributed by atoms with Gasteiger partial charge in [0.25, 0.3) is 0 Å². The standard InChI is InChI=1S/C18H22FNO/c1-12(2)20-11-15-9-8-13(3)17(10-15)21-16-7-5-6-14(4)18(16)19/h5-10,12,20H,11H2,1-4H3. The molecule has 0 saturated carbocycles. The minimum absolute atomic E-state index is 0.270. The smallest absolute Gasteiger partial charge is 0.168 e. The van der Waals surface area contributed by atoms with Crippen LogP contribution in [0.2, 0.25) is 0 Å². The molecule has 3 heteroatoms. The fourth-order valence-corrected chi connectivity index (χ4v) is 2.00. The Hall–Kier alpha value is -1.87. The molecule has 0 heterocycles. The molecule has 0 bridgehead atoms. The fourth-order valence-electron chi connectivity index (χ4n) is 2.00. The molecule has 0 amide bonds. The Labute approximate surface area is 126 Å². The van der Waals surface area contributed by atoms with E-state index in [1.54, 1.807) is 25.1 Å². The summed E-state index contributed by atoms with van der Waals surface area (Å²) < 4.78 is 19.8. The van der Waals surface area contributed by atoms with Gasteiger partial charge in [0.15, 0.2) is 11.6 Å². The Kier molecular flexibility index (Phi) is 4.97. The first-order valence-corrected chi connectivity index (χ1v) is 7.23. The maximum absolute atomic E-state index is 14.0. The molecule has 0 unspecified atom stereocenters. The van der Waals surface area contributed by atoms with Crippen LogP contribution in [0.5, 0.6) is 11.5 Å². The average Bonchev–Trinajstić information content (AvgIpc) is 2.44. The van der Waals surface area contributed by atoms with Crippen LogP contribution in [-0.2, 0) is 6.54 Å². The first-order chi connectivity index (χ1) is 9.97. The predicted molar refractivity (Wildman–Crippen MR) is 84.4 cm³/mol. The topological polar surface area (TPSA) is 21.3 Å². The predicted octanol–water partition coefficient (Wildman–Crippen LogP) is 4.73. The van der Waals surface area contributed by atoms with Crippen molar-refractivity contribution in [1.82, 2.24) is 5.32 Å². The number of hydrogen-bond donors (Lipinski definition) is 1. The Bertz CT molecular complexity index is 623. The number of halogens is 1. The number of rotatable bonds is 5. The number of hydrogen-bond acceptors (Lipinski definition) is 2. The van der Waals surface area contributed by atoms with Crippen molar-refractivity contribution in [2.45, 2.75) is 40.3 Å². The van der Waals surface area contributed by atoms with Crippen molar-refractivity contribution >= 4 is 0 Å². The minimum atomic E-state index is -0.303. The van der Waals surface area contributed by atoms with Crippen molar-refractivity contribution in [3.63, 3.8) is 0 Å². The Morgan fingerprint density at radius 3 is 2.52 bits per heavy atom. The normalized spacial score (nSPS) is 11.0. The molecule has 2 aromatic rings. The van der Waals surface area contributed by atoms with Gasteiger partial charge in [0.1, 0.15) is 5.75 Å². The van der Waals surface area contributed by atoms with E-state index >= 15 is 0 Å². The highest BCUT2D eigenvalue weighted by molar-refractivity contribution is 5.41. The molecule has 2 nitrogen and oxygen atoms in total. The molecule has 0 spiro atoms. The van der Waals surface area contributed by atoms with E-state index in [4.69, 9.17) is 4.74 Å². The molecule has 0 saturated heterocycles. The summed E-state index contributed by atoms with van der Waals surface area (Å²) in [7, 11) is 0. The second kappa shape index (κ2) is 6.72. The third kappa shape index (κ3) is 4.05. The molecule has 21 heavy (non-hydrogen) atoms. The number of benzene rings is 2. The van der Waals surface area contributed by atoms with Gasteiger partial charge in [0.2, 0.25) is 0 Å². The summed E-state index contributed by atoms with van der Waals surface area (Å²) in [5.74, 6) is 0.664. The lowest BCUT2D eigenvalue weighted by Gasteiger charge is -2.13. The summed E-state index contributed by atoms with van der Waals surface area (Å²) in [6, 6.07) is 11.6. The van der Waals surface area contributed by atoms with Crippen LogP contribution in [0.25, 0.3) is 0 Å². The summed E-state index contributed by atoms with van der Waals surface area (Å²) in [5.41, 5.74) is 2.70. The van der Waals surface area contributed by atoms with Crippen molar-refractivity contribution in [3.8, 4) is 11.5 Å². The van der Waals surface area contributed by atoms with Gasteiger partial charge >= 0.3 is 0 Å². The molecule has 0 aliphatic heterocycles. The molecule has 2 aromatic carbocycles. The second-order valence-electron chi connectivity index (χ2n) is 5.62. The van der Waals surface area contributed by atoms with Crippen molar-refractivity contribution in [2.24, 2.45) is 0 Å². The van der Waals surface area contributed by atoms with E-state index in [0.717, 1.165) is 17.7 Å². The largest absolute Gasteiger partial charge is 0.454 e. The number of ether oxygens (including phenoxy) is 1. The van der Waals surface area contributed by atoms with E-state index in [1.165, 1.54) is 0 Å².